The second-order valence-electron chi connectivity index (χ2n) is 1.99. The lowest BCUT2D eigenvalue weighted by atomic mass is 10.4. The highest BCUT2D eigenvalue weighted by molar-refractivity contribution is 7.71. The van der Waals surface area contributed by atoms with Gasteiger partial charge in [0.2, 0.25) is 0 Å². The summed E-state index contributed by atoms with van der Waals surface area (Å²) in [7, 11) is 1.22. The number of carbonyl (C=O) groups excluding carboxylic acids is 1. The van der Waals surface area contributed by atoms with Gasteiger partial charge in [-0.25, -0.2) is 4.79 Å². The van der Waals surface area contributed by atoms with Gasteiger partial charge in [-0.15, -0.1) is 0 Å². The third kappa shape index (κ3) is 1.79. The Hall–Kier alpha value is -1.43. The number of hydrogen-bond donors (Lipinski definition) is 2. The molecule has 64 valence electrons. The van der Waals surface area contributed by atoms with Gasteiger partial charge in [-0.1, -0.05) is 0 Å². The summed E-state index contributed by atoms with van der Waals surface area (Å²) in [6.45, 7) is 0. The molecule has 0 saturated carbocycles. The molecule has 0 aliphatic carbocycles. The highest BCUT2D eigenvalue weighted by Crippen LogP contribution is 1.90. The molecule has 2 N–H and O–H groups in total. The normalized spacial score (nSPS) is 9.42. The predicted molar refractivity (Wildman–Crippen MR) is 43.6 cm³/mol. The Morgan fingerprint density at radius 2 is 2.25 bits per heavy atom. The highest BCUT2D eigenvalue weighted by atomic mass is 32.1. The summed E-state index contributed by atoms with van der Waals surface area (Å²) in [6, 6.07) is 1.08. The highest BCUT2D eigenvalue weighted by Gasteiger charge is 2.05. The summed E-state index contributed by atoms with van der Waals surface area (Å²) in [5.41, 5.74) is -0.384. The number of ether oxygens (including phenoxy) is 1. The maximum absolute atomic E-state index is 10.9. The fourth-order valence-electron chi connectivity index (χ4n) is 0.689. The molecule has 0 spiro atoms. The molecule has 5 nitrogen and oxygen atoms in total. The zero-order valence-electron chi connectivity index (χ0n) is 6.21. The summed E-state index contributed by atoms with van der Waals surface area (Å²) < 4.78 is 4.48. The molecule has 0 aliphatic heterocycles. The number of rotatable bonds is 1. The van der Waals surface area contributed by atoms with Crippen LogP contribution in [-0.4, -0.2) is 23.0 Å². The van der Waals surface area contributed by atoms with Crippen LogP contribution in [0.5, 0.6) is 0 Å². The number of methoxy groups -OCH3 is 1. The SMILES string of the molecule is COC(=O)c1cc(=O)[nH]c(=S)[nH]1. The van der Waals surface area contributed by atoms with Crippen molar-refractivity contribution in [2.45, 2.75) is 0 Å². The van der Waals surface area contributed by atoms with E-state index >= 15 is 0 Å². The molecular weight excluding hydrogens is 180 g/mol. The maximum Gasteiger partial charge on any atom is 0.354 e. The lowest BCUT2D eigenvalue weighted by Crippen LogP contribution is -2.13. The van der Waals surface area contributed by atoms with Gasteiger partial charge in [0.25, 0.3) is 5.56 Å². The lowest BCUT2D eigenvalue weighted by Gasteiger charge is -1.96. The molecule has 0 unspecified atom stereocenters. The van der Waals surface area contributed by atoms with E-state index in [0.29, 0.717) is 0 Å². The van der Waals surface area contributed by atoms with Crippen molar-refractivity contribution >= 4 is 18.2 Å². The van der Waals surface area contributed by atoms with Crippen LogP contribution in [0.3, 0.4) is 0 Å². The fourth-order valence-corrected chi connectivity index (χ4v) is 0.899. The number of nitrogens with one attached hydrogen (secondary N) is 2. The van der Waals surface area contributed by atoms with Crippen molar-refractivity contribution < 1.29 is 9.53 Å². The molecule has 0 saturated heterocycles. The van der Waals surface area contributed by atoms with Gasteiger partial charge in [0.15, 0.2) is 4.77 Å². The zero-order chi connectivity index (χ0) is 9.14. The lowest BCUT2D eigenvalue weighted by molar-refractivity contribution is 0.0593. The van der Waals surface area contributed by atoms with Gasteiger partial charge in [-0.05, 0) is 12.2 Å². The molecule has 0 bridgehead atoms. The van der Waals surface area contributed by atoms with Crippen LogP contribution >= 0.6 is 12.2 Å². The molecule has 1 aromatic heterocycles. The van der Waals surface area contributed by atoms with Gasteiger partial charge in [0.1, 0.15) is 5.69 Å². The third-order valence-electron chi connectivity index (χ3n) is 1.17. The van der Waals surface area contributed by atoms with E-state index in [9.17, 15) is 9.59 Å². The van der Waals surface area contributed by atoms with Crippen LogP contribution in [0.1, 0.15) is 10.5 Å². The third-order valence-corrected chi connectivity index (χ3v) is 1.37. The van der Waals surface area contributed by atoms with E-state index in [1.54, 1.807) is 0 Å². The first-order valence-corrected chi connectivity index (χ1v) is 3.46. The molecule has 0 atom stereocenters. The van der Waals surface area contributed by atoms with Gasteiger partial charge in [0.05, 0.1) is 7.11 Å². The quantitative estimate of drug-likeness (QED) is 0.486. The molecule has 1 heterocycles. The van der Waals surface area contributed by atoms with E-state index in [4.69, 9.17) is 0 Å². The maximum atomic E-state index is 10.9. The van der Waals surface area contributed by atoms with Crippen molar-refractivity contribution in [3.63, 3.8) is 0 Å². The van der Waals surface area contributed by atoms with Gasteiger partial charge in [0, 0.05) is 6.07 Å². The Labute approximate surface area is 72.4 Å². The first kappa shape index (κ1) is 8.66. The van der Waals surface area contributed by atoms with Crippen molar-refractivity contribution in [1.29, 1.82) is 0 Å². The second-order valence-corrected chi connectivity index (χ2v) is 2.40. The largest absolute Gasteiger partial charge is 0.464 e. The molecular formula is C6H6N2O3S. The summed E-state index contributed by atoms with van der Waals surface area (Å²) in [4.78, 5) is 26.4. The van der Waals surface area contributed by atoms with E-state index < -0.39 is 11.5 Å². The molecule has 0 amide bonds. The predicted octanol–water partition coefficient (Wildman–Crippen LogP) is 0.219. The van der Waals surface area contributed by atoms with Crippen LogP contribution in [-0.2, 0) is 4.74 Å². The minimum Gasteiger partial charge on any atom is -0.464 e. The molecule has 1 rings (SSSR count). The van der Waals surface area contributed by atoms with Crippen molar-refractivity contribution in [3.05, 3.63) is 26.9 Å². The topological polar surface area (TPSA) is 75.0 Å². The average Bonchev–Trinajstić information content (AvgIpc) is 2.01. The molecule has 12 heavy (non-hydrogen) atoms. The van der Waals surface area contributed by atoms with Gasteiger partial charge in [-0.3, -0.25) is 9.78 Å². The minimum atomic E-state index is -0.618. The van der Waals surface area contributed by atoms with Crippen molar-refractivity contribution in [3.8, 4) is 0 Å². The Morgan fingerprint density at radius 3 is 2.75 bits per heavy atom. The molecule has 0 aromatic carbocycles. The van der Waals surface area contributed by atoms with Gasteiger partial charge >= 0.3 is 5.97 Å². The van der Waals surface area contributed by atoms with Crippen LogP contribution < -0.4 is 5.56 Å². The first-order chi connectivity index (χ1) is 5.63. The molecule has 0 radical (unpaired) electrons. The minimum absolute atomic E-state index is 0.0475. The van der Waals surface area contributed by atoms with E-state index in [-0.39, 0.29) is 10.5 Å². The standard InChI is InChI=1S/C6H6N2O3S/c1-11-5(10)3-2-4(9)8-6(12)7-3/h2H,1H3,(H2,7,8,9,12). The number of carbonyl (C=O) groups is 1. The van der Waals surface area contributed by atoms with Crippen LogP contribution in [0, 0.1) is 4.77 Å². The zero-order valence-corrected chi connectivity index (χ0v) is 7.03. The molecule has 6 heteroatoms. The Morgan fingerprint density at radius 1 is 1.58 bits per heavy atom. The summed E-state index contributed by atoms with van der Waals surface area (Å²) in [6.07, 6.45) is 0. The average molecular weight is 186 g/mol. The smallest absolute Gasteiger partial charge is 0.354 e. The number of H-pyrrole nitrogens is 2. The number of aromatic nitrogens is 2. The van der Waals surface area contributed by atoms with E-state index in [1.165, 1.54) is 7.11 Å². The molecule has 1 aromatic rings. The fraction of sp³-hybridized carbons (Fsp3) is 0.167. The number of hydrogen-bond acceptors (Lipinski definition) is 4. The Balaban J connectivity index is 3.27. The summed E-state index contributed by atoms with van der Waals surface area (Å²) in [5.74, 6) is -0.618. The Bertz CT molecular complexity index is 377. The molecule has 0 fully saturated rings. The van der Waals surface area contributed by atoms with Crippen molar-refractivity contribution in [2.24, 2.45) is 0 Å². The van der Waals surface area contributed by atoms with Gasteiger partial charge in [-0.2, -0.15) is 0 Å². The van der Waals surface area contributed by atoms with E-state index in [0.717, 1.165) is 6.07 Å². The van der Waals surface area contributed by atoms with Gasteiger partial charge < -0.3 is 9.72 Å². The summed E-state index contributed by atoms with van der Waals surface area (Å²) >= 11 is 4.64. The van der Waals surface area contributed by atoms with E-state index in [1.807, 2.05) is 0 Å². The number of esters is 1. The van der Waals surface area contributed by atoms with Crippen LogP contribution in [0.25, 0.3) is 0 Å². The van der Waals surface area contributed by atoms with Crippen LogP contribution in [0.2, 0.25) is 0 Å². The van der Waals surface area contributed by atoms with E-state index in [2.05, 4.69) is 26.9 Å². The van der Waals surface area contributed by atoms with Crippen LogP contribution in [0.15, 0.2) is 10.9 Å². The molecule has 0 aliphatic rings. The van der Waals surface area contributed by atoms with Crippen molar-refractivity contribution in [2.75, 3.05) is 7.11 Å². The monoisotopic (exact) mass is 186 g/mol. The first-order valence-electron chi connectivity index (χ1n) is 3.05. The summed E-state index contributed by atoms with van der Waals surface area (Å²) in [5, 5.41) is 0. The van der Waals surface area contributed by atoms with Crippen LogP contribution in [0.4, 0.5) is 0 Å². The van der Waals surface area contributed by atoms with Crippen molar-refractivity contribution in [1.82, 2.24) is 9.97 Å². The number of aromatic amines is 2. The second kappa shape index (κ2) is 3.31. The Kier molecular flexibility index (Phi) is 2.39.